The van der Waals surface area contributed by atoms with Crippen LogP contribution in [0.3, 0.4) is 0 Å². The first kappa shape index (κ1) is 18.2. The third-order valence-corrected chi connectivity index (χ3v) is 7.46. The molecule has 148 valence electrons. The molecular formula is C19H28ClN5OS. The number of likely N-dealkylation sites (tertiary alicyclic amines) is 2. The summed E-state index contributed by atoms with van der Waals surface area (Å²) >= 11 is 8.22. The molecule has 0 bridgehead atoms. The molecule has 0 aliphatic carbocycles. The number of morpholine rings is 1. The zero-order valence-corrected chi connectivity index (χ0v) is 17.4. The Morgan fingerprint density at radius 1 is 1.11 bits per heavy atom. The molecule has 0 amide bonds. The Balaban J connectivity index is 1.25. The van der Waals surface area contributed by atoms with Crippen molar-refractivity contribution >= 4 is 28.8 Å². The first-order valence-electron chi connectivity index (χ1n) is 10.2. The first-order valence-corrected chi connectivity index (χ1v) is 11.3. The van der Waals surface area contributed by atoms with Crippen LogP contribution in [0.2, 0.25) is 0 Å². The third kappa shape index (κ3) is 3.85. The zero-order valence-electron chi connectivity index (χ0n) is 15.8. The Morgan fingerprint density at radius 2 is 1.89 bits per heavy atom. The van der Waals surface area contributed by atoms with Crippen molar-refractivity contribution in [1.82, 2.24) is 24.1 Å². The molecular weight excluding hydrogens is 382 g/mol. The summed E-state index contributed by atoms with van der Waals surface area (Å²) < 4.78 is 7.28. The second-order valence-corrected chi connectivity index (χ2v) is 9.55. The molecule has 1 aromatic rings. The van der Waals surface area contributed by atoms with E-state index in [1.807, 2.05) is 17.5 Å². The summed E-state index contributed by atoms with van der Waals surface area (Å²) in [6, 6.07) is 0.820. The molecule has 0 saturated carbocycles. The molecule has 4 aliphatic rings. The maximum atomic E-state index is 6.39. The van der Waals surface area contributed by atoms with E-state index in [1.54, 1.807) is 4.42 Å². The van der Waals surface area contributed by atoms with Gasteiger partial charge in [-0.15, -0.1) is 11.3 Å². The van der Waals surface area contributed by atoms with E-state index in [-0.39, 0.29) is 0 Å². The molecule has 0 spiro atoms. The number of ether oxygens (including phenoxy) is 1. The molecule has 0 atom stereocenters. The smallest absolute Gasteiger partial charge is 0.108 e. The SMILES string of the molecule is ClN1C=C(N2CCOCC2)c2nc(CN3CCC(N4CCC4)CC3)sc2C1. The van der Waals surface area contributed by atoms with Gasteiger partial charge in [0.1, 0.15) is 10.7 Å². The Labute approximate surface area is 170 Å². The molecule has 3 saturated heterocycles. The van der Waals surface area contributed by atoms with Crippen LogP contribution in [0.15, 0.2) is 6.20 Å². The zero-order chi connectivity index (χ0) is 18.2. The predicted octanol–water partition coefficient (Wildman–Crippen LogP) is 2.41. The van der Waals surface area contributed by atoms with Crippen molar-refractivity contribution in [3.63, 3.8) is 0 Å². The van der Waals surface area contributed by atoms with Crippen LogP contribution < -0.4 is 0 Å². The molecule has 1 aromatic heterocycles. The van der Waals surface area contributed by atoms with Crippen molar-refractivity contribution in [2.24, 2.45) is 0 Å². The normalized spacial score (nSPS) is 25.3. The predicted molar refractivity (Wildman–Crippen MR) is 108 cm³/mol. The number of aromatic nitrogens is 1. The number of hydrogen-bond donors (Lipinski definition) is 0. The van der Waals surface area contributed by atoms with Gasteiger partial charge in [0, 0.05) is 50.2 Å². The maximum Gasteiger partial charge on any atom is 0.108 e. The average molecular weight is 410 g/mol. The summed E-state index contributed by atoms with van der Waals surface area (Å²) in [5, 5.41) is 1.23. The third-order valence-electron chi connectivity index (χ3n) is 6.22. The van der Waals surface area contributed by atoms with Gasteiger partial charge in [-0.1, -0.05) is 0 Å². The van der Waals surface area contributed by atoms with Gasteiger partial charge in [-0.05, 0) is 32.4 Å². The van der Waals surface area contributed by atoms with Crippen molar-refractivity contribution in [1.29, 1.82) is 0 Å². The van der Waals surface area contributed by atoms with Crippen molar-refractivity contribution < 1.29 is 4.74 Å². The van der Waals surface area contributed by atoms with E-state index in [0.29, 0.717) is 0 Å². The summed E-state index contributed by atoms with van der Waals surface area (Å²) in [7, 11) is 0. The highest BCUT2D eigenvalue weighted by atomic mass is 35.5. The van der Waals surface area contributed by atoms with E-state index < -0.39 is 0 Å². The first-order chi connectivity index (χ1) is 13.3. The van der Waals surface area contributed by atoms with Gasteiger partial charge in [0.15, 0.2) is 0 Å². The highest BCUT2D eigenvalue weighted by Crippen LogP contribution is 2.34. The number of fused-ring (bicyclic) bond motifs is 1. The topological polar surface area (TPSA) is 35.1 Å². The minimum Gasteiger partial charge on any atom is -0.378 e. The highest BCUT2D eigenvalue weighted by Gasteiger charge is 2.30. The second kappa shape index (κ2) is 7.87. The van der Waals surface area contributed by atoms with E-state index in [4.69, 9.17) is 21.5 Å². The minimum absolute atomic E-state index is 0.749. The van der Waals surface area contributed by atoms with Crippen molar-refractivity contribution in [2.45, 2.75) is 38.4 Å². The van der Waals surface area contributed by atoms with E-state index in [9.17, 15) is 0 Å². The average Bonchev–Trinajstić information content (AvgIpc) is 3.04. The fourth-order valence-corrected chi connectivity index (χ4v) is 5.93. The van der Waals surface area contributed by atoms with Gasteiger partial charge in [-0.25, -0.2) is 4.98 Å². The molecule has 0 N–H and O–H groups in total. The largest absolute Gasteiger partial charge is 0.378 e. The van der Waals surface area contributed by atoms with Gasteiger partial charge < -0.3 is 14.5 Å². The molecule has 5 heterocycles. The van der Waals surface area contributed by atoms with Gasteiger partial charge in [-0.2, -0.15) is 0 Å². The van der Waals surface area contributed by atoms with Crippen molar-refractivity contribution in [3.8, 4) is 0 Å². The molecule has 0 aromatic carbocycles. The summed E-state index contributed by atoms with van der Waals surface area (Å²) in [5.74, 6) is 0. The highest BCUT2D eigenvalue weighted by molar-refractivity contribution is 7.11. The number of nitrogens with zero attached hydrogens (tertiary/aromatic N) is 5. The number of rotatable bonds is 4. The Morgan fingerprint density at radius 3 is 2.59 bits per heavy atom. The van der Waals surface area contributed by atoms with Gasteiger partial charge in [0.25, 0.3) is 0 Å². The van der Waals surface area contributed by atoms with Gasteiger partial charge in [-0.3, -0.25) is 9.32 Å². The Kier molecular flexibility index (Phi) is 5.30. The monoisotopic (exact) mass is 409 g/mol. The lowest BCUT2D eigenvalue weighted by molar-refractivity contribution is 0.0611. The van der Waals surface area contributed by atoms with Crippen molar-refractivity contribution in [2.75, 3.05) is 52.5 Å². The van der Waals surface area contributed by atoms with Crippen LogP contribution in [0.4, 0.5) is 0 Å². The molecule has 0 unspecified atom stereocenters. The Bertz CT molecular complexity index is 692. The minimum atomic E-state index is 0.749. The lowest BCUT2D eigenvalue weighted by atomic mass is 10.00. The van der Waals surface area contributed by atoms with E-state index in [2.05, 4.69) is 14.7 Å². The number of halogens is 1. The summed E-state index contributed by atoms with van der Waals surface area (Å²) in [6.45, 7) is 10.1. The fourth-order valence-electron chi connectivity index (χ4n) is 4.53. The number of piperidine rings is 1. The molecule has 8 heteroatoms. The molecule has 6 nitrogen and oxygen atoms in total. The molecule has 3 fully saturated rings. The summed E-state index contributed by atoms with van der Waals surface area (Å²) in [6.07, 6.45) is 6.04. The summed E-state index contributed by atoms with van der Waals surface area (Å²) in [4.78, 5) is 13.9. The van der Waals surface area contributed by atoms with Crippen molar-refractivity contribution in [3.05, 3.63) is 21.8 Å². The van der Waals surface area contributed by atoms with E-state index in [1.165, 1.54) is 55.3 Å². The fraction of sp³-hybridized carbons (Fsp3) is 0.737. The summed E-state index contributed by atoms with van der Waals surface area (Å²) in [5.41, 5.74) is 2.30. The van der Waals surface area contributed by atoms with Crippen LogP contribution in [-0.4, -0.2) is 82.6 Å². The second-order valence-electron chi connectivity index (χ2n) is 7.95. The number of hydrogen-bond acceptors (Lipinski definition) is 7. The van der Waals surface area contributed by atoms with Crippen LogP contribution in [0, 0.1) is 0 Å². The van der Waals surface area contributed by atoms with Gasteiger partial charge >= 0.3 is 0 Å². The van der Waals surface area contributed by atoms with Crippen LogP contribution in [0.1, 0.15) is 34.8 Å². The van der Waals surface area contributed by atoms with Crippen LogP contribution >= 0.6 is 23.1 Å². The Hall–Kier alpha value is -0.860. The molecule has 0 radical (unpaired) electrons. The standard InChI is InChI=1S/C19H28ClN5OS/c20-25-12-16(24-8-10-26-11-9-24)19-17(13-25)27-18(21-19)14-22-6-2-15(3-7-22)23-4-1-5-23/h12,15H,1-11,13-14H2. The maximum absolute atomic E-state index is 6.39. The molecule has 27 heavy (non-hydrogen) atoms. The quantitative estimate of drug-likeness (QED) is 0.710. The number of thiazole rings is 1. The van der Waals surface area contributed by atoms with Gasteiger partial charge in [0.2, 0.25) is 0 Å². The van der Waals surface area contributed by atoms with E-state index >= 15 is 0 Å². The lowest BCUT2D eigenvalue weighted by Gasteiger charge is -2.42. The molecule has 4 aliphatic heterocycles. The van der Waals surface area contributed by atoms with E-state index in [0.717, 1.165) is 56.8 Å². The van der Waals surface area contributed by atoms with Crippen LogP contribution in [0.5, 0.6) is 0 Å². The lowest BCUT2D eigenvalue weighted by Crippen LogP contribution is -2.50. The molecule has 5 rings (SSSR count). The van der Waals surface area contributed by atoms with Crippen LogP contribution in [0.25, 0.3) is 5.70 Å². The van der Waals surface area contributed by atoms with Gasteiger partial charge in [0.05, 0.1) is 36.9 Å². The van der Waals surface area contributed by atoms with Crippen LogP contribution in [-0.2, 0) is 17.8 Å².